The highest BCUT2D eigenvalue weighted by Crippen LogP contribution is 2.44. The molecule has 3 aliphatic heterocycles. The monoisotopic (exact) mass is 570 g/mol. The van der Waals surface area contributed by atoms with Gasteiger partial charge in [0.25, 0.3) is 0 Å². The van der Waals surface area contributed by atoms with Gasteiger partial charge >= 0.3 is 0 Å². The molecule has 8 nitrogen and oxygen atoms in total. The van der Waals surface area contributed by atoms with E-state index in [0.29, 0.717) is 48.6 Å². The van der Waals surface area contributed by atoms with E-state index < -0.39 is 0 Å². The summed E-state index contributed by atoms with van der Waals surface area (Å²) >= 11 is 0. The number of fused-ring (bicyclic) bond motifs is 1. The standard InChI is InChI=1S/C32H32F2N6O2/c1-20(2)30-27(12-35-18-37-30)26-10-24(34)5-6-28(26)42-29-13-36-19-38-31(29)40-16-32(17-40)11-25(15-41-32)39-8-7-21-9-23(33)4-3-22(21)14-39/h3-6,9-10,12-13,18-20,25H,7-8,11,14-17H2,1-2H3. The molecule has 1 atom stereocenters. The fraction of sp³-hybridized carbons (Fsp3) is 0.375. The van der Waals surface area contributed by atoms with Crippen molar-refractivity contribution in [2.75, 3.05) is 31.1 Å². The van der Waals surface area contributed by atoms with E-state index in [0.717, 1.165) is 42.8 Å². The molecule has 2 fully saturated rings. The molecule has 7 rings (SSSR count). The molecule has 216 valence electrons. The van der Waals surface area contributed by atoms with Crippen LogP contribution in [0.15, 0.2) is 61.4 Å². The molecule has 2 aromatic carbocycles. The van der Waals surface area contributed by atoms with Gasteiger partial charge in [0, 0.05) is 36.5 Å². The number of ether oxygens (including phenoxy) is 2. The highest BCUT2D eigenvalue weighted by Gasteiger charge is 2.52. The Morgan fingerprint density at radius 1 is 0.929 bits per heavy atom. The third-order valence-corrected chi connectivity index (χ3v) is 8.57. The normalized spacial score (nSPS) is 19.6. The first-order valence-electron chi connectivity index (χ1n) is 14.4. The number of hydrogen-bond donors (Lipinski definition) is 0. The molecule has 2 aromatic heterocycles. The molecule has 4 aromatic rings. The van der Waals surface area contributed by atoms with Gasteiger partial charge < -0.3 is 14.4 Å². The summed E-state index contributed by atoms with van der Waals surface area (Å²) in [6.45, 7) is 7.84. The van der Waals surface area contributed by atoms with E-state index in [1.54, 1.807) is 30.6 Å². The van der Waals surface area contributed by atoms with E-state index in [1.807, 2.05) is 19.9 Å². The van der Waals surface area contributed by atoms with Gasteiger partial charge in [-0.3, -0.25) is 4.90 Å². The van der Waals surface area contributed by atoms with Crippen molar-refractivity contribution >= 4 is 5.82 Å². The Hall–Kier alpha value is -4.02. The quantitative estimate of drug-likeness (QED) is 0.300. The zero-order valence-electron chi connectivity index (χ0n) is 23.6. The summed E-state index contributed by atoms with van der Waals surface area (Å²) in [7, 11) is 0. The Labute approximate surface area is 243 Å². The highest BCUT2D eigenvalue weighted by molar-refractivity contribution is 5.73. The van der Waals surface area contributed by atoms with Crippen LogP contribution in [0.4, 0.5) is 14.6 Å². The summed E-state index contributed by atoms with van der Waals surface area (Å²) in [6, 6.07) is 9.88. The van der Waals surface area contributed by atoms with Crippen LogP contribution >= 0.6 is 0 Å². The molecular weight excluding hydrogens is 538 g/mol. The second-order valence-corrected chi connectivity index (χ2v) is 11.8. The minimum atomic E-state index is -0.373. The molecule has 0 bridgehead atoms. The molecule has 1 unspecified atom stereocenters. The second kappa shape index (κ2) is 10.7. The Morgan fingerprint density at radius 2 is 1.71 bits per heavy atom. The van der Waals surface area contributed by atoms with Crippen molar-refractivity contribution in [3.63, 3.8) is 0 Å². The summed E-state index contributed by atoms with van der Waals surface area (Å²) < 4.78 is 40.9. The molecule has 1 spiro atoms. The molecule has 5 heterocycles. The maximum absolute atomic E-state index is 14.4. The van der Waals surface area contributed by atoms with E-state index in [-0.39, 0.29) is 23.2 Å². The van der Waals surface area contributed by atoms with Gasteiger partial charge in [0.15, 0.2) is 11.6 Å². The lowest BCUT2D eigenvalue weighted by atomic mass is 9.88. The average molecular weight is 571 g/mol. The van der Waals surface area contributed by atoms with Gasteiger partial charge in [-0.1, -0.05) is 19.9 Å². The van der Waals surface area contributed by atoms with E-state index in [2.05, 4.69) is 29.7 Å². The van der Waals surface area contributed by atoms with Crippen LogP contribution in [0.5, 0.6) is 11.5 Å². The van der Waals surface area contributed by atoms with Gasteiger partial charge in [-0.2, -0.15) is 0 Å². The van der Waals surface area contributed by atoms with E-state index in [1.165, 1.54) is 30.4 Å². The van der Waals surface area contributed by atoms with Crippen molar-refractivity contribution in [2.45, 2.75) is 50.8 Å². The first kappa shape index (κ1) is 26.9. The number of halogens is 2. The summed E-state index contributed by atoms with van der Waals surface area (Å²) in [5, 5.41) is 0. The van der Waals surface area contributed by atoms with E-state index in [9.17, 15) is 8.78 Å². The van der Waals surface area contributed by atoms with Crippen LogP contribution < -0.4 is 9.64 Å². The van der Waals surface area contributed by atoms with E-state index in [4.69, 9.17) is 9.47 Å². The van der Waals surface area contributed by atoms with Crippen LogP contribution in [0.2, 0.25) is 0 Å². The summed E-state index contributed by atoms with van der Waals surface area (Å²) in [5.41, 5.74) is 4.16. The number of aromatic nitrogens is 4. The van der Waals surface area contributed by atoms with E-state index >= 15 is 0 Å². The average Bonchev–Trinajstić information content (AvgIpc) is 3.43. The number of nitrogens with zero attached hydrogens (tertiary/aromatic N) is 6. The molecule has 0 saturated carbocycles. The van der Waals surface area contributed by atoms with Crippen molar-refractivity contribution in [3.8, 4) is 22.6 Å². The van der Waals surface area contributed by atoms with Gasteiger partial charge in [0.1, 0.15) is 35.6 Å². The predicted octanol–water partition coefficient (Wildman–Crippen LogP) is 5.53. The molecule has 2 saturated heterocycles. The minimum Gasteiger partial charge on any atom is -0.451 e. The fourth-order valence-corrected chi connectivity index (χ4v) is 6.48. The minimum absolute atomic E-state index is 0.116. The molecule has 3 aliphatic rings. The number of rotatable bonds is 6. The SMILES string of the molecule is CC(C)c1ncncc1-c1cc(F)ccc1Oc1cncnc1N1CC2(CC(N3CCc4cc(F)ccc4C3)CO2)C1. The molecular formula is C32H32F2N6O2. The summed E-state index contributed by atoms with van der Waals surface area (Å²) in [5.74, 6) is 1.20. The first-order chi connectivity index (χ1) is 20.4. The Kier molecular flexibility index (Phi) is 6.82. The van der Waals surface area contributed by atoms with Crippen molar-refractivity contribution < 1.29 is 18.3 Å². The van der Waals surface area contributed by atoms with Gasteiger partial charge in [-0.15, -0.1) is 0 Å². The van der Waals surface area contributed by atoms with Crippen LogP contribution in [0.1, 0.15) is 43.0 Å². The lowest BCUT2D eigenvalue weighted by Gasteiger charge is -2.48. The van der Waals surface area contributed by atoms with Crippen molar-refractivity contribution in [1.82, 2.24) is 24.8 Å². The van der Waals surface area contributed by atoms with Crippen molar-refractivity contribution in [3.05, 3.63) is 89.9 Å². The first-order valence-corrected chi connectivity index (χ1v) is 14.4. The van der Waals surface area contributed by atoms with Crippen LogP contribution in [0, 0.1) is 11.6 Å². The number of hydrogen-bond acceptors (Lipinski definition) is 8. The lowest BCUT2D eigenvalue weighted by Crippen LogP contribution is -2.62. The second-order valence-electron chi connectivity index (χ2n) is 11.8. The molecule has 0 radical (unpaired) electrons. The van der Waals surface area contributed by atoms with Gasteiger partial charge in [-0.05, 0) is 60.2 Å². The maximum atomic E-state index is 14.4. The number of anilines is 1. The molecule has 0 aliphatic carbocycles. The van der Waals surface area contributed by atoms with Gasteiger partial charge in [0.2, 0.25) is 0 Å². The van der Waals surface area contributed by atoms with Crippen molar-refractivity contribution in [2.24, 2.45) is 0 Å². The maximum Gasteiger partial charge on any atom is 0.188 e. The van der Waals surface area contributed by atoms with Gasteiger partial charge in [-0.25, -0.2) is 28.7 Å². The molecule has 10 heteroatoms. The topological polar surface area (TPSA) is 76.5 Å². The van der Waals surface area contributed by atoms with Crippen LogP contribution in [0.25, 0.3) is 11.1 Å². The smallest absolute Gasteiger partial charge is 0.188 e. The predicted molar refractivity (Wildman–Crippen MR) is 153 cm³/mol. The fourth-order valence-electron chi connectivity index (χ4n) is 6.48. The van der Waals surface area contributed by atoms with Crippen LogP contribution in [-0.2, 0) is 17.7 Å². The van der Waals surface area contributed by atoms with Gasteiger partial charge in [0.05, 0.1) is 31.6 Å². The Morgan fingerprint density at radius 3 is 2.57 bits per heavy atom. The molecule has 42 heavy (non-hydrogen) atoms. The largest absolute Gasteiger partial charge is 0.451 e. The Bertz CT molecular complexity index is 1630. The highest BCUT2D eigenvalue weighted by atomic mass is 19.1. The molecule has 0 amide bonds. The van der Waals surface area contributed by atoms with Crippen molar-refractivity contribution in [1.29, 1.82) is 0 Å². The summed E-state index contributed by atoms with van der Waals surface area (Å²) in [6.07, 6.45) is 8.12. The van der Waals surface area contributed by atoms with Crippen LogP contribution in [-0.4, -0.2) is 62.7 Å². The Balaban J connectivity index is 1.07. The zero-order valence-corrected chi connectivity index (χ0v) is 23.6. The number of benzene rings is 2. The lowest BCUT2D eigenvalue weighted by molar-refractivity contribution is -0.0198. The zero-order chi connectivity index (χ0) is 28.8. The van der Waals surface area contributed by atoms with Crippen LogP contribution in [0.3, 0.4) is 0 Å². The molecule has 0 N–H and O–H groups in total. The third-order valence-electron chi connectivity index (χ3n) is 8.57. The third kappa shape index (κ3) is 4.98. The summed E-state index contributed by atoms with van der Waals surface area (Å²) in [4.78, 5) is 22.0.